The molecular formula is C17H20ClNO2. The number of halogens is 1. The molecule has 2 aromatic rings. The van der Waals surface area contributed by atoms with Crippen LogP contribution in [-0.2, 0) is 6.42 Å². The zero-order chi connectivity index (χ0) is 15.2. The summed E-state index contributed by atoms with van der Waals surface area (Å²) < 4.78 is 10.5. The topological polar surface area (TPSA) is 30.5 Å². The zero-order valence-electron chi connectivity index (χ0n) is 12.5. The van der Waals surface area contributed by atoms with Gasteiger partial charge in [0.15, 0.2) is 0 Å². The van der Waals surface area contributed by atoms with Gasteiger partial charge in [0.2, 0.25) is 0 Å². The first-order valence-corrected chi connectivity index (χ1v) is 7.23. The highest BCUT2D eigenvalue weighted by Crippen LogP contribution is 2.28. The highest BCUT2D eigenvalue weighted by atomic mass is 35.5. The van der Waals surface area contributed by atoms with E-state index in [0.29, 0.717) is 5.02 Å². The molecule has 0 amide bonds. The number of benzene rings is 2. The third kappa shape index (κ3) is 4.30. The maximum Gasteiger partial charge on any atom is 0.142 e. The van der Waals surface area contributed by atoms with Crippen molar-refractivity contribution in [2.45, 2.75) is 19.4 Å². The van der Waals surface area contributed by atoms with E-state index < -0.39 is 0 Å². The van der Waals surface area contributed by atoms with Crippen LogP contribution < -0.4 is 14.8 Å². The summed E-state index contributed by atoms with van der Waals surface area (Å²) in [6.07, 6.45) is 0.902. The second kappa shape index (κ2) is 7.23. The first-order valence-electron chi connectivity index (χ1n) is 6.85. The normalized spacial score (nSPS) is 11.8. The lowest BCUT2D eigenvalue weighted by Crippen LogP contribution is -2.18. The Hall–Kier alpha value is -1.87. The number of ether oxygens (including phenoxy) is 2. The monoisotopic (exact) mass is 305 g/mol. The van der Waals surface area contributed by atoms with Crippen LogP contribution >= 0.6 is 11.6 Å². The van der Waals surface area contributed by atoms with Crippen molar-refractivity contribution >= 4 is 17.3 Å². The molecule has 1 N–H and O–H groups in total. The van der Waals surface area contributed by atoms with Gasteiger partial charge in [-0.15, -0.1) is 0 Å². The summed E-state index contributed by atoms with van der Waals surface area (Å²) >= 11 is 6.04. The van der Waals surface area contributed by atoms with E-state index >= 15 is 0 Å². The van der Waals surface area contributed by atoms with Crippen molar-refractivity contribution in [3.8, 4) is 11.5 Å². The molecule has 4 heteroatoms. The first-order chi connectivity index (χ1) is 10.1. The Balaban J connectivity index is 2.03. The standard InChI is InChI=1S/C17H20ClNO2/c1-12(10-13-4-7-15(20-2)8-5-13)19-16-11-14(18)6-9-17(16)21-3/h4-9,11-12,19H,10H2,1-3H3. The average Bonchev–Trinajstić information content (AvgIpc) is 2.48. The Kier molecular flexibility index (Phi) is 5.34. The Morgan fingerprint density at radius 2 is 1.76 bits per heavy atom. The van der Waals surface area contributed by atoms with Crippen molar-refractivity contribution in [3.63, 3.8) is 0 Å². The van der Waals surface area contributed by atoms with E-state index in [4.69, 9.17) is 21.1 Å². The smallest absolute Gasteiger partial charge is 0.142 e. The van der Waals surface area contributed by atoms with Crippen LogP contribution in [-0.4, -0.2) is 20.3 Å². The van der Waals surface area contributed by atoms with Crippen LogP contribution in [0.5, 0.6) is 11.5 Å². The minimum Gasteiger partial charge on any atom is -0.497 e. The maximum atomic E-state index is 6.04. The summed E-state index contributed by atoms with van der Waals surface area (Å²) in [4.78, 5) is 0. The van der Waals surface area contributed by atoms with Crippen LogP contribution in [0.15, 0.2) is 42.5 Å². The summed E-state index contributed by atoms with van der Waals surface area (Å²) in [7, 11) is 3.33. The van der Waals surface area contributed by atoms with Gasteiger partial charge in [0.05, 0.1) is 19.9 Å². The molecule has 0 radical (unpaired) electrons. The SMILES string of the molecule is COc1ccc(CC(C)Nc2cc(Cl)ccc2OC)cc1. The van der Waals surface area contributed by atoms with Gasteiger partial charge in [-0.3, -0.25) is 0 Å². The Morgan fingerprint density at radius 1 is 1.05 bits per heavy atom. The van der Waals surface area contributed by atoms with E-state index in [2.05, 4.69) is 24.4 Å². The van der Waals surface area contributed by atoms with Crippen LogP contribution in [0.2, 0.25) is 5.02 Å². The van der Waals surface area contributed by atoms with E-state index in [1.165, 1.54) is 5.56 Å². The predicted octanol–water partition coefficient (Wildman–Crippen LogP) is 4.40. The van der Waals surface area contributed by atoms with Gasteiger partial charge < -0.3 is 14.8 Å². The average molecular weight is 306 g/mol. The molecule has 2 rings (SSSR count). The number of rotatable bonds is 6. The summed E-state index contributed by atoms with van der Waals surface area (Å²) in [5.74, 6) is 1.66. The molecule has 1 unspecified atom stereocenters. The van der Waals surface area contributed by atoms with Crippen molar-refractivity contribution in [2.75, 3.05) is 19.5 Å². The fraction of sp³-hybridized carbons (Fsp3) is 0.294. The second-order valence-electron chi connectivity index (χ2n) is 4.94. The van der Waals surface area contributed by atoms with Gasteiger partial charge in [-0.05, 0) is 49.2 Å². The van der Waals surface area contributed by atoms with Crippen LogP contribution in [0.4, 0.5) is 5.69 Å². The number of hydrogen-bond donors (Lipinski definition) is 1. The van der Waals surface area contributed by atoms with Gasteiger partial charge in [0.1, 0.15) is 11.5 Å². The molecule has 0 heterocycles. The Bertz CT molecular complexity index is 584. The molecule has 0 spiro atoms. The van der Waals surface area contributed by atoms with E-state index in [1.54, 1.807) is 14.2 Å². The lowest BCUT2D eigenvalue weighted by molar-refractivity contribution is 0.414. The van der Waals surface area contributed by atoms with Gasteiger partial charge in [-0.2, -0.15) is 0 Å². The maximum absolute atomic E-state index is 6.04. The van der Waals surface area contributed by atoms with Crippen molar-refractivity contribution < 1.29 is 9.47 Å². The van der Waals surface area contributed by atoms with E-state index in [1.807, 2.05) is 30.3 Å². The number of anilines is 1. The van der Waals surface area contributed by atoms with Gasteiger partial charge >= 0.3 is 0 Å². The third-order valence-corrected chi connectivity index (χ3v) is 3.50. The molecule has 0 aliphatic heterocycles. The van der Waals surface area contributed by atoms with Gasteiger partial charge in [-0.25, -0.2) is 0 Å². The Morgan fingerprint density at radius 3 is 2.38 bits per heavy atom. The molecule has 2 aromatic carbocycles. The zero-order valence-corrected chi connectivity index (χ0v) is 13.3. The molecule has 0 aromatic heterocycles. The molecule has 1 atom stereocenters. The summed E-state index contributed by atoms with van der Waals surface area (Å²) in [6.45, 7) is 2.13. The largest absolute Gasteiger partial charge is 0.497 e. The van der Waals surface area contributed by atoms with E-state index in [-0.39, 0.29) is 6.04 Å². The van der Waals surface area contributed by atoms with Crippen LogP contribution in [0.1, 0.15) is 12.5 Å². The minimum atomic E-state index is 0.255. The molecule has 0 saturated heterocycles. The van der Waals surface area contributed by atoms with Crippen LogP contribution in [0.3, 0.4) is 0 Å². The molecule has 0 bridgehead atoms. The quantitative estimate of drug-likeness (QED) is 0.858. The lowest BCUT2D eigenvalue weighted by atomic mass is 10.1. The van der Waals surface area contributed by atoms with Crippen LogP contribution in [0, 0.1) is 0 Å². The molecule has 0 aliphatic carbocycles. The minimum absolute atomic E-state index is 0.255. The fourth-order valence-corrected chi connectivity index (χ4v) is 2.40. The van der Waals surface area contributed by atoms with Crippen LogP contribution in [0.25, 0.3) is 0 Å². The molecule has 3 nitrogen and oxygen atoms in total. The van der Waals surface area contributed by atoms with Crippen molar-refractivity contribution in [1.29, 1.82) is 0 Å². The third-order valence-electron chi connectivity index (χ3n) is 3.26. The molecule has 0 fully saturated rings. The van der Waals surface area contributed by atoms with E-state index in [0.717, 1.165) is 23.6 Å². The Labute approximate surface area is 130 Å². The molecule has 0 aliphatic rings. The highest BCUT2D eigenvalue weighted by molar-refractivity contribution is 6.30. The molecule has 0 saturated carbocycles. The highest BCUT2D eigenvalue weighted by Gasteiger charge is 2.08. The second-order valence-corrected chi connectivity index (χ2v) is 5.38. The summed E-state index contributed by atoms with van der Waals surface area (Å²) in [5, 5.41) is 4.13. The predicted molar refractivity (Wildman–Crippen MR) is 87.8 cm³/mol. The number of hydrogen-bond acceptors (Lipinski definition) is 3. The fourth-order valence-electron chi connectivity index (χ4n) is 2.22. The first kappa shape index (κ1) is 15.5. The van der Waals surface area contributed by atoms with Crippen molar-refractivity contribution in [3.05, 3.63) is 53.1 Å². The van der Waals surface area contributed by atoms with Gasteiger partial charge in [0.25, 0.3) is 0 Å². The lowest BCUT2D eigenvalue weighted by Gasteiger charge is -2.18. The summed E-state index contributed by atoms with van der Waals surface area (Å²) in [6, 6.07) is 13.9. The molecule has 21 heavy (non-hydrogen) atoms. The van der Waals surface area contributed by atoms with Crippen molar-refractivity contribution in [2.24, 2.45) is 0 Å². The molecule has 112 valence electrons. The van der Waals surface area contributed by atoms with Gasteiger partial charge in [-0.1, -0.05) is 23.7 Å². The number of methoxy groups -OCH3 is 2. The summed E-state index contributed by atoms with van der Waals surface area (Å²) in [5.41, 5.74) is 2.16. The van der Waals surface area contributed by atoms with Gasteiger partial charge in [0, 0.05) is 11.1 Å². The van der Waals surface area contributed by atoms with Crippen molar-refractivity contribution in [1.82, 2.24) is 0 Å². The van der Waals surface area contributed by atoms with E-state index in [9.17, 15) is 0 Å². The molecular weight excluding hydrogens is 286 g/mol. The number of nitrogens with one attached hydrogen (secondary N) is 1.